The van der Waals surface area contributed by atoms with Gasteiger partial charge in [-0.15, -0.1) is 0 Å². The first-order valence-corrected chi connectivity index (χ1v) is 15.6. The summed E-state index contributed by atoms with van der Waals surface area (Å²) in [6.45, 7) is 9.82. The summed E-state index contributed by atoms with van der Waals surface area (Å²) in [5.41, 5.74) is -0.623. The third-order valence-corrected chi connectivity index (χ3v) is 10.6. The van der Waals surface area contributed by atoms with Crippen LogP contribution >= 0.6 is 0 Å². The maximum atomic E-state index is 12.0. The highest BCUT2D eigenvalue weighted by Gasteiger charge is 2.51. The van der Waals surface area contributed by atoms with E-state index in [4.69, 9.17) is 0 Å². The molecule has 3 aliphatic rings. The van der Waals surface area contributed by atoms with Crippen LogP contribution in [0.15, 0.2) is 0 Å². The summed E-state index contributed by atoms with van der Waals surface area (Å²) in [6, 6.07) is 0. The molecule has 0 heterocycles. The van der Waals surface area contributed by atoms with Gasteiger partial charge in [0.25, 0.3) is 0 Å². The molecule has 0 radical (unpaired) electrons. The van der Waals surface area contributed by atoms with E-state index >= 15 is 0 Å². The van der Waals surface area contributed by atoms with E-state index in [9.17, 15) is 26.4 Å². The second-order valence-electron chi connectivity index (χ2n) is 10.9. The van der Waals surface area contributed by atoms with Crippen molar-refractivity contribution in [3.63, 3.8) is 0 Å². The zero-order valence-corrected chi connectivity index (χ0v) is 22.5. The summed E-state index contributed by atoms with van der Waals surface area (Å²) in [7, 11) is -6.88. The Bertz CT molecular complexity index is 921. The molecule has 2 bridgehead atoms. The summed E-state index contributed by atoms with van der Waals surface area (Å²) < 4.78 is 50.5. The SMILES string of the molecule is CC1C2CC(C(=O)NS(C)(=O)=O)C(C2)C1C.CCC(C)(C)C(=O)NS(=O)(=O)C1CCCCC1. The number of carbonyl (C=O) groups is 2. The lowest BCUT2D eigenvalue weighted by Crippen LogP contribution is -2.44. The summed E-state index contributed by atoms with van der Waals surface area (Å²) in [4.78, 5) is 23.7. The topological polar surface area (TPSA) is 126 Å². The van der Waals surface area contributed by atoms with Gasteiger partial charge in [-0.2, -0.15) is 0 Å². The maximum absolute atomic E-state index is 12.0. The highest BCUT2D eigenvalue weighted by atomic mass is 32.2. The zero-order valence-electron chi connectivity index (χ0n) is 20.9. The molecular formula is C23H42N2O6S2. The van der Waals surface area contributed by atoms with Crippen molar-refractivity contribution in [3.8, 4) is 0 Å². The molecule has 8 nitrogen and oxygen atoms in total. The number of nitrogens with one attached hydrogen (secondary N) is 2. The van der Waals surface area contributed by atoms with Crippen molar-refractivity contribution in [2.45, 2.75) is 91.2 Å². The van der Waals surface area contributed by atoms with Crippen molar-refractivity contribution in [1.29, 1.82) is 0 Å². The number of carbonyl (C=O) groups excluding carboxylic acids is 2. The van der Waals surface area contributed by atoms with Crippen molar-refractivity contribution >= 4 is 31.9 Å². The van der Waals surface area contributed by atoms with E-state index in [1.807, 2.05) is 6.92 Å². The van der Waals surface area contributed by atoms with Gasteiger partial charge >= 0.3 is 0 Å². The predicted molar refractivity (Wildman–Crippen MR) is 129 cm³/mol. The monoisotopic (exact) mass is 506 g/mol. The van der Waals surface area contributed by atoms with Crippen LogP contribution < -0.4 is 9.44 Å². The van der Waals surface area contributed by atoms with Crippen LogP contribution in [0.4, 0.5) is 0 Å². The summed E-state index contributed by atoms with van der Waals surface area (Å²) >= 11 is 0. The van der Waals surface area contributed by atoms with Crippen LogP contribution in [0.1, 0.15) is 86.0 Å². The minimum Gasteiger partial charge on any atom is -0.274 e. The van der Waals surface area contributed by atoms with Crippen molar-refractivity contribution in [2.75, 3.05) is 6.26 Å². The Morgan fingerprint density at radius 1 is 0.909 bits per heavy atom. The normalized spacial score (nSPS) is 30.3. The predicted octanol–water partition coefficient (Wildman–Crippen LogP) is 3.19. The quantitative estimate of drug-likeness (QED) is 0.570. The molecule has 2 amide bonds. The molecule has 0 aromatic rings. The first-order valence-electron chi connectivity index (χ1n) is 12.2. The van der Waals surface area contributed by atoms with Crippen LogP contribution in [0.3, 0.4) is 0 Å². The number of fused-ring (bicyclic) bond motifs is 2. The van der Waals surface area contributed by atoms with E-state index in [1.165, 1.54) is 0 Å². The largest absolute Gasteiger partial charge is 0.274 e. The molecule has 3 aliphatic carbocycles. The third-order valence-electron chi connectivity index (χ3n) is 8.24. The molecule has 0 saturated heterocycles. The Kier molecular flexibility index (Phi) is 9.04. The fourth-order valence-electron chi connectivity index (χ4n) is 5.39. The van der Waals surface area contributed by atoms with Crippen LogP contribution in [0.5, 0.6) is 0 Å². The van der Waals surface area contributed by atoms with Gasteiger partial charge in [0, 0.05) is 11.3 Å². The van der Waals surface area contributed by atoms with Gasteiger partial charge in [-0.25, -0.2) is 16.8 Å². The Hall–Kier alpha value is -1.16. The molecule has 33 heavy (non-hydrogen) atoms. The summed E-state index contributed by atoms with van der Waals surface area (Å²) in [5, 5.41) is -0.382. The Labute approximate surface area is 200 Å². The van der Waals surface area contributed by atoms with E-state index < -0.39 is 25.5 Å². The van der Waals surface area contributed by atoms with E-state index in [2.05, 4.69) is 23.3 Å². The molecule has 0 aromatic heterocycles. The standard InChI is InChI=1S/C12H23NO3S.C11H19NO3S/c1-4-12(2,3)11(14)13-17(15,16)10-8-6-5-7-9-10;1-6-7(2)9-4-8(6)5-10(9)11(13)12-16(3,14)15/h10H,4-9H2,1-3H3,(H,13,14);6-10H,4-5H2,1-3H3,(H,12,13). The number of hydrogen-bond donors (Lipinski definition) is 2. The van der Waals surface area contributed by atoms with Gasteiger partial charge < -0.3 is 0 Å². The fraction of sp³-hybridized carbons (Fsp3) is 0.913. The number of hydrogen-bond acceptors (Lipinski definition) is 6. The molecule has 5 unspecified atom stereocenters. The molecule has 0 aliphatic heterocycles. The zero-order chi connectivity index (χ0) is 25.2. The Morgan fingerprint density at radius 2 is 1.48 bits per heavy atom. The number of amides is 2. The molecule has 3 fully saturated rings. The van der Waals surface area contributed by atoms with Crippen LogP contribution in [0.25, 0.3) is 0 Å². The lowest BCUT2D eigenvalue weighted by atomic mass is 9.75. The molecule has 2 N–H and O–H groups in total. The van der Waals surface area contributed by atoms with Gasteiger partial charge in [-0.3, -0.25) is 19.0 Å². The van der Waals surface area contributed by atoms with Gasteiger partial charge in [0.1, 0.15) is 0 Å². The van der Waals surface area contributed by atoms with Crippen LogP contribution in [0, 0.1) is 35.0 Å². The fourth-order valence-corrected chi connectivity index (χ4v) is 7.56. The molecule has 3 saturated carbocycles. The van der Waals surface area contributed by atoms with E-state index in [-0.39, 0.29) is 23.0 Å². The molecular weight excluding hydrogens is 464 g/mol. The van der Waals surface area contributed by atoms with Gasteiger partial charge in [-0.1, -0.05) is 53.9 Å². The van der Waals surface area contributed by atoms with Crippen LogP contribution in [0.2, 0.25) is 0 Å². The first-order chi connectivity index (χ1) is 15.1. The Morgan fingerprint density at radius 3 is 1.94 bits per heavy atom. The molecule has 192 valence electrons. The van der Waals surface area contributed by atoms with E-state index in [0.29, 0.717) is 42.9 Å². The second kappa shape index (κ2) is 10.6. The van der Waals surface area contributed by atoms with Crippen molar-refractivity contribution in [3.05, 3.63) is 0 Å². The molecule has 5 atom stereocenters. The average Bonchev–Trinajstić information content (AvgIpc) is 3.28. The lowest BCUT2D eigenvalue weighted by Gasteiger charge is -2.30. The molecule has 10 heteroatoms. The van der Waals surface area contributed by atoms with Crippen LogP contribution in [-0.4, -0.2) is 40.2 Å². The molecule has 0 aromatic carbocycles. The molecule has 3 rings (SSSR count). The van der Waals surface area contributed by atoms with Crippen molar-refractivity contribution < 1.29 is 26.4 Å². The van der Waals surface area contributed by atoms with Crippen molar-refractivity contribution in [2.24, 2.45) is 35.0 Å². The number of rotatable bonds is 6. The smallest absolute Gasteiger partial charge is 0.239 e. The van der Waals surface area contributed by atoms with Gasteiger partial charge in [0.15, 0.2) is 0 Å². The maximum Gasteiger partial charge on any atom is 0.239 e. The average molecular weight is 507 g/mol. The van der Waals surface area contributed by atoms with Crippen LogP contribution in [-0.2, 0) is 29.6 Å². The van der Waals surface area contributed by atoms with Gasteiger partial charge in [0.2, 0.25) is 31.9 Å². The van der Waals surface area contributed by atoms with E-state index in [0.717, 1.165) is 38.4 Å². The third kappa shape index (κ3) is 7.16. The minimum absolute atomic E-state index is 0.0917. The number of sulfonamides is 2. The first kappa shape index (κ1) is 28.1. The van der Waals surface area contributed by atoms with E-state index in [1.54, 1.807) is 13.8 Å². The van der Waals surface area contributed by atoms with Gasteiger partial charge in [0.05, 0.1) is 11.5 Å². The Balaban J connectivity index is 0.000000234. The summed E-state index contributed by atoms with van der Waals surface area (Å²) in [6.07, 6.45) is 7.93. The van der Waals surface area contributed by atoms with Crippen molar-refractivity contribution in [1.82, 2.24) is 9.44 Å². The molecule has 0 spiro atoms. The minimum atomic E-state index is -3.48. The lowest BCUT2D eigenvalue weighted by molar-refractivity contribution is -0.127. The van der Waals surface area contributed by atoms with Gasteiger partial charge in [-0.05, 0) is 55.8 Å². The second-order valence-corrected chi connectivity index (χ2v) is 14.6. The highest BCUT2D eigenvalue weighted by molar-refractivity contribution is 7.90. The highest BCUT2D eigenvalue weighted by Crippen LogP contribution is 2.54. The summed E-state index contributed by atoms with van der Waals surface area (Å²) in [5.74, 6) is 1.42.